The van der Waals surface area contributed by atoms with Crippen LogP contribution < -0.4 is 5.32 Å². The van der Waals surface area contributed by atoms with Crippen LogP contribution in [0.3, 0.4) is 0 Å². The van der Waals surface area contributed by atoms with Crippen LogP contribution in [-0.2, 0) is 0 Å². The van der Waals surface area contributed by atoms with E-state index < -0.39 is 0 Å². The average Bonchev–Trinajstić information content (AvgIpc) is 2.55. The second-order valence-corrected chi connectivity index (χ2v) is 6.59. The maximum atomic E-state index is 4.96. The molecule has 0 spiro atoms. The average molecular weight is 288 g/mol. The van der Waals surface area contributed by atoms with Gasteiger partial charge in [0.15, 0.2) is 0 Å². The van der Waals surface area contributed by atoms with Crippen molar-refractivity contribution in [2.45, 2.75) is 57.9 Å². The van der Waals surface area contributed by atoms with Crippen LogP contribution in [0.15, 0.2) is 6.07 Å². The normalized spacial score (nSPS) is 23.1. The highest BCUT2D eigenvalue weighted by Crippen LogP contribution is 2.32. The molecule has 116 valence electrons. The van der Waals surface area contributed by atoms with E-state index in [9.17, 15) is 0 Å². The maximum Gasteiger partial charge on any atom is 0.145 e. The van der Waals surface area contributed by atoms with Crippen molar-refractivity contribution in [2.75, 3.05) is 26.2 Å². The third-order valence-corrected chi connectivity index (χ3v) is 4.99. The van der Waals surface area contributed by atoms with Gasteiger partial charge in [0.2, 0.25) is 0 Å². The molecule has 0 aromatic carbocycles. The van der Waals surface area contributed by atoms with Crippen molar-refractivity contribution in [2.24, 2.45) is 0 Å². The zero-order valence-electron chi connectivity index (χ0n) is 13.4. The van der Waals surface area contributed by atoms with E-state index in [0.29, 0.717) is 12.0 Å². The molecule has 2 fully saturated rings. The molecule has 1 saturated carbocycles. The molecule has 1 saturated heterocycles. The first-order valence-electron chi connectivity index (χ1n) is 8.54. The van der Waals surface area contributed by atoms with E-state index in [1.807, 2.05) is 0 Å². The van der Waals surface area contributed by atoms with Gasteiger partial charge in [0, 0.05) is 43.5 Å². The Morgan fingerprint density at radius 3 is 2.57 bits per heavy atom. The molecule has 4 nitrogen and oxygen atoms in total. The van der Waals surface area contributed by atoms with Gasteiger partial charge < -0.3 is 5.32 Å². The van der Waals surface area contributed by atoms with E-state index in [-0.39, 0.29) is 0 Å². The third-order valence-electron chi connectivity index (χ3n) is 4.99. The maximum absolute atomic E-state index is 4.96. The zero-order chi connectivity index (χ0) is 14.7. The molecule has 21 heavy (non-hydrogen) atoms. The van der Waals surface area contributed by atoms with Crippen molar-refractivity contribution >= 4 is 0 Å². The molecule has 3 rings (SSSR count). The Kier molecular flexibility index (Phi) is 4.86. The van der Waals surface area contributed by atoms with Crippen molar-refractivity contribution in [1.29, 1.82) is 0 Å². The first kappa shape index (κ1) is 14.9. The predicted octanol–water partition coefficient (Wildman–Crippen LogP) is 2.80. The fourth-order valence-electron chi connectivity index (χ4n) is 3.64. The van der Waals surface area contributed by atoms with Crippen LogP contribution in [0.2, 0.25) is 0 Å². The lowest BCUT2D eigenvalue weighted by Crippen LogP contribution is -2.44. The van der Waals surface area contributed by atoms with Crippen molar-refractivity contribution in [3.8, 4) is 0 Å². The molecule has 1 aromatic heterocycles. The zero-order valence-corrected chi connectivity index (χ0v) is 13.4. The van der Waals surface area contributed by atoms with Gasteiger partial charge in [0.25, 0.3) is 0 Å². The van der Waals surface area contributed by atoms with Crippen LogP contribution in [0.5, 0.6) is 0 Å². The number of piperazine rings is 1. The second kappa shape index (κ2) is 6.84. The molecule has 1 unspecified atom stereocenters. The van der Waals surface area contributed by atoms with Crippen molar-refractivity contribution < 1.29 is 0 Å². The number of aromatic nitrogens is 2. The molecule has 1 N–H and O–H groups in total. The topological polar surface area (TPSA) is 41.1 Å². The van der Waals surface area contributed by atoms with E-state index in [4.69, 9.17) is 9.97 Å². The molecule has 4 heteroatoms. The summed E-state index contributed by atoms with van der Waals surface area (Å²) in [6.45, 7) is 8.71. The summed E-state index contributed by atoms with van der Waals surface area (Å²) in [6, 6.07) is 2.54. The Bertz CT molecular complexity index is 462. The Balaban J connectivity index is 1.79. The molecule has 1 aliphatic heterocycles. The lowest BCUT2D eigenvalue weighted by atomic mass is 9.86. The minimum Gasteiger partial charge on any atom is -0.314 e. The van der Waals surface area contributed by atoms with Gasteiger partial charge >= 0.3 is 0 Å². The second-order valence-electron chi connectivity index (χ2n) is 6.59. The summed E-state index contributed by atoms with van der Waals surface area (Å²) < 4.78 is 0. The van der Waals surface area contributed by atoms with Crippen molar-refractivity contribution in [3.05, 3.63) is 23.3 Å². The summed E-state index contributed by atoms with van der Waals surface area (Å²) in [7, 11) is 0. The highest BCUT2D eigenvalue weighted by molar-refractivity contribution is 5.16. The van der Waals surface area contributed by atoms with Crippen LogP contribution >= 0.6 is 0 Å². The Hall–Kier alpha value is -1.00. The van der Waals surface area contributed by atoms with Gasteiger partial charge in [-0.1, -0.05) is 19.3 Å². The number of hydrogen-bond acceptors (Lipinski definition) is 4. The Morgan fingerprint density at radius 2 is 1.86 bits per heavy atom. The molecule has 1 atom stereocenters. The van der Waals surface area contributed by atoms with Gasteiger partial charge in [-0.05, 0) is 32.8 Å². The highest BCUT2D eigenvalue weighted by atomic mass is 15.2. The van der Waals surface area contributed by atoms with Crippen molar-refractivity contribution in [3.63, 3.8) is 0 Å². The number of aryl methyl sites for hydroxylation is 1. The smallest absolute Gasteiger partial charge is 0.145 e. The first-order chi connectivity index (χ1) is 10.2. The van der Waals surface area contributed by atoms with Crippen LogP contribution in [0.1, 0.15) is 68.2 Å². The summed E-state index contributed by atoms with van der Waals surface area (Å²) in [5, 5.41) is 3.41. The summed E-state index contributed by atoms with van der Waals surface area (Å²) in [5.41, 5.74) is 2.42. The summed E-state index contributed by atoms with van der Waals surface area (Å²) in [4.78, 5) is 12.2. The largest absolute Gasteiger partial charge is 0.314 e. The van der Waals surface area contributed by atoms with E-state index in [0.717, 1.165) is 37.7 Å². The third kappa shape index (κ3) is 3.61. The molecule has 0 radical (unpaired) electrons. The summed E-state index contributed by atoms with van der Waals surface area (Å²) in [5.74, 6) is 1.69. The van der Waals surface area contributed by atoms with E-state index >= 15 is 0 Å². The van der Waals surface area contributed by atoms with Crippen LogP contribution in [0.25, 0.3) is 0 Å². The lowest BCUT2D eigenvalue weighted by Gasteiger charge is -2.32. The lowest BCUT2D eigenvalue weighted by molar-refractivity contribution is 0.178. The Labute approximate surface area is 128 Å². The van der Waals surface area contributed by atoms with Crippen LogP contribution in [-0.4, -0.2) is 41.0 Å². The molecule has 0 amide bonds. The number of nitrogens with zero attached hydrogens (tertiary/aromatic N) is 3. The van der Waals surface area contributed by atoms with Gasteiger partial charge in [0.1, 0.15) is 5.82 Å². The molecule has 1 aliphatic carbocycles. The van der Waals surface area contributed by atoms with Crippen molar-refractivity contribution in [1.82, 2.24) is 20.2 Å². The van der Waals surface area contributed by atoms with Gasteiger partial charge in [-0.25, -0.2) is 9.97 Å². The number of nitrogens with one attached hydrogen (secondary N) is 1. The molecule has 2 heterocycles. The van der Waals surface area contributed by atoms with E-state index in [1.165, 1.54) is 37.8 Å². The molecule has 0 bridgehead atoms. The summed E-state index contributed by atoms with van der Waals surface area (Å²) in [6.07, 6.45) is 6.72. The minimum absolute atomic E-state index is 0.328. The fourth-order valence-corrected chi connectivity index (χ4v) is 3.64. The number of hydrogen-bond donors (Lipinski definition) is 1. The molecule has 1 aromatic rings. The molecular formula is C17H28N4. The van der Waals surface area contributed by atoms with Crippen LogP contribution in [0, 0.1) is 6.92 Å². The van der Waals surface area contributed by atoms with E-state index in [2.05, 4.69) is 30.1 Å². The SMILES string of the molecule is Cc1cc(C2CCCCC2)nc(C(C)N2CCNCC2)n1. The minimum atomic E-state index is 0.328. The first-order valence-corrected chi connectivity index (χ1v) is 8.54. The van der Waals surface area contributed by atoms with Gasteiger partial charge in [0.05, 0.1) is 6.04 Å². The predicted molar refractivity (Wildman–Crippen MR) is 85.5 cm³/mol. The fraction of sp³-hybridized carbons (Fsp3) is 0.765. The summed E-state index contributed by atoms with van der Waals surface area (Å²) >= 11 is 0. The van der Waals surface area contributed by atoms with Gasteiger partial charge in [-0.3, -0.25) is 4.90 Å². The van der Waals surface area contributed by atoms with Gasteiger partial charge in [-0.2, -0.15) is 0 Å². The molecule has 2 aliphatic rings. The van der Waals surface area contributed by atoms with E-state index in [1.54, 1.807) is 0 Å². The van der Waals surface area contributed by atoms with Gasteiger partial charge in [-0.15, -0.1) is 0 Å². The van der Waals surface area contributed by atoms with Crippen LogP contribution in [0.4, 0.5) is 0 Å². The Morgan fingerprint density at radius 1 is 1.14 bits per heavy atom. The standard InChI is InChI=1S/C17H28N4/c1-13-12-16(15-6-4-3-5-7-15)20-17(19-13)14(2)21-10-8-18-9-11-21/h12,14-15,18H,3-11H2,1-2H3. The quantitative estimate of drug-likeness (QED) is 0.928. The monoisotopic (exact) mass is 288 g/mol. The molecular weight excluding hydrogens is 260 g/mol. The highest BCUT2D eigenvalue weighted by Gasteiger charge is 2.23. The number of rotatable bonds is 3.